The fourth-order valence-electron chi connectivity index (χ4n) is 2.35. The number of hydrogen-bond acceptors (Lipinski definition) is 6. The minimum absolute atomic E-state index is 0.109. The van der Waals surface area contributed by atoms with E-state index < -0.39 is 0 Å². The molecular weight excluding hydrogens is 360 g/mol. The first kappa shape index (κ1) is 14.2. The molecule has 0 radical (unpaired) electrons. The molecule has 8 heteroatoms. The summed E-state index contributed by atoms with van der Waals surface area (Å²) in [6.45, 7) is 0. The molecule has 1 saturated carbocycles. The monoisotopic (exact) mass is 372 g/mol. The van der Waals surface area contributed by atoms with Crippen molar-refractivity contribution in [3.8, 4) is 0 Å². The van der Waals surface area contributed by atoms with E-state index in [1.54, 1.807) is 0 Å². The van der Waals surface area contributed by atoms with Gasteiger partial charge in [-0.05, 0) is 50.6 Å². The molecule has 1 aliphatic rings. The fraction of sp³-hybridized carbons (Fsp3) is 0.500. The molecule has 0 saturated heterocycles. The number of aromatic nitrogens is 4. The van der Waals surface area contributed by atoms with Crippen LogP contribution in [-0.2, 0) is 0 Å². The maximum atomic E-state index is 12.1. The molecule has 0 aliphatic heterocycles. The number of halogens is 1. The number of tetrazole rings is 1. The minimum Gasteiger partial charge on any atom is -0.292 e. The van der Waals surface area contributed by atoms with E-state index in [1.165, 1.54) is 35.9 Å². The number of rotatable bonds is 5. The zero-order valence-corrected chi connectivity index (χ0v) is 13.9. The van der Waals surface area contributed by atoms with E-state index in [0.29, 0.717) is 11.8 Å². The summed E-state index contributed by atoms with van der Waals surface area (Å²) in [7, 11) is 0. The third kappa shape index (κ3) is 2.96. The Labute approximate surface area is 133 Å². The van der Waals surface area contributed by atoms with Gasteiger partial charge in [-0.1, -0.05) is 24.6 Å². The fourth-order valence-corrected chi connectivity index (χ4v) is 4.79. The second kappa shape index (κ2) is 6.36. The Bertz CT molecular complexity index is 606. The van der Waals surface area contributed by atoms with Gasteiger partial charge < -0.3 is 0 Å². The van der Waals surface area contributed by atoms with Crippen LogP contribution in [0, 0.1) is 0 Å². The van der Waals surface area contributed by atoms with Gasteiger partial charge in [-0.2, -0.15) is 0 Å². The van der Waals surface area contributed by atoms with Crippen molar-refractivity contribution in [3.05, 3.63) is 20.8 Å². The Kier molecular flexibility index (Phi) is 4.52. The average molecular weight is 373 g/mol. The molecular formula is C12H13BrN4OS2. The van der Waals surface area contributed by atoms with E-state index in [2.05, 4.69) is 31.5 Å². The number of carbonyl (C=O) groups excluding carboxylic acids is 1. The molecule has 2 aromatic heterocycles. The SMILES string of the molecule is O=C(CSc1nnnn1C1CCCC1)c1sccc1Br. The summed E-state index contributed by atoms with van der Waals surface area (Å²) in [6, 6.07) is 2.29. The molecule has 5 nitrogen and oxygen atoms in total. The van der Waals surface area contributed by atoms with Crippen LogP contribution in [0.4, 0.5) is 0 Å². The van der Waals surface area contributed by atoms with Gasteiger partial charge in [0.2, 0.25) is 5.16 Å². The lowest BCUT2D eigenvalue weighted by molar-refractivity contribution is 0.102. The largest absolute Gasteiger partial charge is 0.292 e. The highest BCUT2D eigenvalue weighted by molar-refractivity contribution is 9.10. The summed E-state index contributed by atoms with van der Waals surface area (Å²) in [5, 5.41) is 14.5. The Morgan fingerprint density at radius 2 is 2.30 bits per heavy atom. The molecule has 1 aliphatic carbocycles. The van der Waals surface area contributed by atoms with Gasteiger partial charge in [0.25, 0.3) is 0 Å². The maximum absolute atomic E-state index is 12.1. The van der Waals surface area contributed by atoms with Crippen LogP contribution >= 0.6 is 39.0 Å². The summed E-state index contributed by atoms with van der Waals surface area (Å²) in [5.41, 5.74) is 0. The van der Waals surface area contributed by atoms with Crippen molar-refractivity contribution in [1.82, 2.24) is 20.2 Å². The molecule has 2 aromatic rings. The molecule has 0 N–H and O–H groups in total. The van der Waals surface area contributed by atoms with Crippen molar-refractivity contribution in [1.29, 1.82) is 0 Å². The van der Waals surface area contributed by atoms with Gasteiger partial charge >= 0.3 is 0 Å². The van der Waals surface area contributed by atoms with Gasteiger partial charge in [-0.3, -0.25) is 4.79 Å². The zero-order chi connectivity index (χ0) is 13.9. The second-order valence-corrected chi connectivity index (χ2v) is 7.37. The second-order valence-electron chi connectivity index (χ2n) is 4.65. The number of nitrogens with zero attached hydrogens (tertiary/aromatic N) is 4. The van der Waals surface area contributed by atoms with Crippen molar-refractivity contribution in [2.75, 3.05) is 5.75 Å². The predicted molar refractivity (Wildman–Crippen MR) is 82.4 cm³/mol. The van der Waals surface area contributed by atoms with E-state index in [9.17, 15) is 4.79 Å². The van der Waals surface area contributed by atoms with Crippen molar-refractivity contribution >= 4 is 44.8 Å². The van der Waals surface area contributed by atoms with E-state index in [0.717, 1.165) is 27.3 Å². The van der Waals surface area contributed by atoms with Crippen LogP contribution in [-0.4, -0.2) is 31.7 Å². The van der Waals surface area contributed by atoms with Crippen LogP contribution in [0.3, 0.4) is 0 Å². The van der Waals surface area contributed by atoms with Gasteiger partial charge in [-0.15, -0.1) is 16.4 Å². The summed E-state index contributed by atoms with van der Waals surface area (Å²) in [6.07, 6.45) is 4.72. The van der Waals surface area contributed by atoms with E-state index in [-0.39, 0.29) is 5.78 Å². The van der Waals surface area contributed by atoms with E-state index >= 15 is 0 Å². The first-order valence-electron chi connectivity index (χ1n) is 6.42. The Morgan fingerprint density at radius 3 is 3.00 bits per heavy atom. The molecule has 0 aromatic carbocycles. The maximum Gasteiger partial charge on any atom is 0.210 e. The van der Waals surface area contributed by atoms with Crippen LogP contribution in [0.5, 0.6) is 0 Å². The molecule has 3 rings (SSSR count). The molecule has 20 heavy (non-hydrogen) atoms. The van der Waals surface area contributed by atoms with Crippen molar-refractivity contribution < 1.29 is 4.79 Å². The number of ketones is 1. The quantitative estimate of drug-likeness (QED) is 0.592. The lowest BCUT2D eigenvalue weighted by Crippen LogP contribution is -2.09. The van der Waals surface area contributed by atoms with Crippen molar-refractivity contribution in [2.24, 2.45) is 0 Å². The minimum atomic E-state index is 0.109. The van der Waals surface area contributed by atoms with Gasteiger partial charge in [0, 0.05) is 4.47 Å². The normalized spacial score (nSPS) is 15.8. The number of thioether (sulfide) groups is 1. The molecule has 0 amide bonds. The van der Waals surface area contributed by atoms with Crippen LogP contribution in [0.2, 0.25) is 0 Å². The Balaban J connectivity index is 1.65. The number of Topliss-reactive ketones (excluding diaryl/α,β-unsaturated/α-hetero) is 1. The topological polar surface area (TPSA) is 60.7 Å². The Morgan fingerprint density at radius 1 is 1.50 bits per heavy atom. The van der Waals surface area contributed by atoms with Crippen LogP contribution < -0.4 is 0 Å². The molecule has 106 valence electrons. The summed E-state index contributed by atoms with van der Waals surface area (Å²) < 4.78 is 2.75. The highest BCUT2D eigenvalue weighted by Crippen LogP contribution is 2.32. The highest BCUT2D eigenvalue weighted by atomic mass is 79.9. The highest BCUT2D eigenvalue weighted by Gasteiger charge is 2.22. The molecule has 1 fully saturated rings. The standard InChI is InChI=1S/C12H13BrN4OS2/c13-9-5-6-19-11(9)10(18)7-20-12-14-15-16-17(12)8-3-1-2-4-8/h5-6,8H,1-4,7H2. The third-order valence-electron chi connectivity index (χ3n) is 3.34. The van der Waals surface area contributed by atoms with Crippen LogP contribution in [0.25, 0.3) is 0 Å². The third-order valence-corrected chi connectivity index (χ3v) is 6.15. The van der Waals surface area contributed by atoms with Crippen LogP contribution in [0.1, 0.15) is 41.4 Å². The smallest absolute Gasteiger partial charge is 0.210 e. The van der Waals surface area contributed by atoms with Crippen molar-refractivity contribution in [2.45, 2.75) is 36.9 Å². The first-order chi connectivity index (χ1) is 9.75. The summed E-state index contributed by atoms with van der Waals surface area (Å²) in [4.78, 5) is 12.9. The molecule has 0 spiro atoms. The average Bonchev–Trinajstić information content (AvgIpc) is 3.16. The lowest BCUT2D eigenvalue weighted by Gasteiger charge is -2.10. The zero-order valence-electron chi connectivity index (χ0n) is 10.7. The van der Waals surface area contributed by atoms with E-state index in [4.69, 9.17) is 0 Å². The number of hydrogen-bond donors (Lipinski definition) is 0. The van der Waals surface area contributed by atoms with Gasteiger partial charge in [-0.25, -0.2) is 4.68 Å². The van der Waals surface area contributed by atoms with Crippen LogP contribution in [0.15, 0.2) is 21.1 Å². The predicted octanol–water partition coefficient (Wildman–Crippen LogP) is 3.59. The Hall–Kier alpha value is -0.730. The molecule has 0 unspecified atom stereocenters. The summed E-state index contributed by atoms with van der Waals surface area (Å²) >= 11 is 6.26. The van der Waals surface area contributed by atoms with Gasteiger partial charge in [0.1, 0.15) is 0 Å². The molecule has 0 bridgehead atoms. The first-order valence-corrected chi connectivity index (χ1v) is 9.08. The molecule has 0 atom stereocenters. The number of thiophene rings is 1. The lowest BCUT2D eigenvalue weighted by atomic mass is 10.3. The van der Waals surface area contributed by atoms with Crippen molar-refractivity contribution in [3.63, 3.8) is 0 Å². The summed E-state index contributed by atoms with van der Waals surface area (Å²) in [5.74, 6) is 0.476. The molecule has 2 heterocycles. The number of carbonyl (C=O) groups is 1. The van der Waals surface area contributed by atoms with Gasteiger partial charge in [0.05, 0.1) is 16.7 Å². The van der Waals surface area contributed by atoms with Gasteiger partial charge in [0.15, 0.2) is 5.78 Å². The van der Waals surface area contributed by atoms with E-state index in [1.807, 2.05) is 16.1 Å².